The Balaban J connectivity index is 2.81. The molecule has 0 aliphatic heterocycles. The molecule has 86 valence electrons. The molecule has 0 fully saturated rings. The summed E-state index contributed by atoms with van der Waals surface area (Å²) in [6.07, 6.45) is 2.77. The van der Waals surface area contributed by atoms with Crippen molar-refractivity contribution in [2.45, 2.75) is 20.3 Å². The van der Waals surface area contributed by atoms with E-state index in [1.54, 1.807) is 0 Å². The van der Waals surface area contributed by atoms with Gasteiger partial charge in [0.1, 0.15) is 0 Å². The first-order valence-electron chi connectivity index (χ1n) is 5.02. The van der Waals surface area contributed by atoms with Gasteiger partial charge in [-0.25, -0.2) is 0 Å². The molecule has 2 N–H and O–H groups in total. The maximum absolute atomic E-state index is 6.02. The van der Waals surface area contributed by atoms with E-state index in [0.29, 0.717) is 0 Å². The Bertz CT molecular complexity index is 414. The van der Waals surface area contributed by atoms with E-state index in [1.165, 1.54) is 5.56 Å². The van der Waals surface area contributed by atoms with Crippen molar-refractivity contribution >= 4 is 27.5 Å². The van der Waals surface area contributed by atoms with Crippen LogP contribution in [0.15, 0.2) is 46.1 Å². The molecule has 0 aliphatic carbocycles. The van der Waals surface area contributed by atoms with Crippen LogP contribution in [-0.2, 0) is 6.42 Å². The van der Waals surface area contributed by atoms with E-state index >= 15 is 0 Å². The highest BCUT2D eigenvalue weighted by molar-refractivity contribution is 9.11. The third-order valence-corrected chi connectivity index (χ3v) is 2.71. The first kappa shape index (κ1) is 13.3. The van der Waals surface area contributed by atoms with Crippen molar-refractivity contribution in [3.63, 3.8) is 0 Å². The fraction of sp³-hybridized carbons (Fsp3) is 0.231. The third-order valence-electron chi connectivity index (χ3n) is 2.23. The van der Waals surface area contributed by atoms with Gasteiger partial charge in [-0.15, -0.1) is 0 Å². The Kier molecular flexibility index (Phi) is 5.10. The predicted molar refractivity (Wildman–Crippen MR) is 74.7 cm³/mol. The minimum Gasteiger partial charge on any atom is -0.402 e. The minimum atomic E-state index is 0.749. The molecule has 0 spiro atoms. The average Bonchev–Trinajstić information content (AvgIpc) is 2.20. The topological polar surface area (TPSA) is 26.0 Å². The van der Waals surface area contributed by atoms with Gasteiger partial charge >= 0.3 is 0 Å². The molecule has 0 saturated heterocycles. The highest BCUT2D eigenvalue weighted by Gasteiger charge is 1.99. The zero-order valence-corrected chi connectivity index (χ0v) is 11.8. The second kappa shape index (κ2) is 6.12. The molecule has 1 aromatic rings. The number of hydrogen-bond donors (Lipinski definition) is 1. The summed E-state index contributed by atoms with van der Waals surface area (Å²) in [4.78, 5) is 0. The van der Waals surface area contributed by atoms with Crippen molar-refractivity contribution in [3.05, 3.63) is 56.7 Å². The van der Waals surface area contributed by atoms with Crippen molar-refractivity contribution in [1.29, 1.82) is 0 Å². The summed E-state index contributed by atoms with van der Waals surface area (Å²) >= 11 is 9.21. The maximum Gasteiger partial charge on any atom is 0.0406 e. The van der Waals surface area contributed by atoms with Crippen molar-refractivity contribution in [2.75, 3.05) is 0 Å². The summed E-state index contributed by atoms with van der Waals surface area (Å²) in [6, 6.07) is 7.75. The van der Waals surface area contributed by atoms with Gasteiger partial charge in [-0.1, -0.05) is 39.7 Å². The SMILES string of the molecule is CC(/C=C(\C)Br)=C(/N)Cc1ccc(Cl)cc1. The van der Waals surface area contributed by atoms with Gasteiger partial charge in [0.05, 0.1) is 0 Å². The van der Waals surface area contributed by atoms with Crippen LogP contribution in [0.1, 0.15) is 19.4 Å². The number of allylic oxidation sites excluding steroid dienone is 4. The van der Waals surface area contributed by atoms with Crippen molar-refractivity contribution in [3.8, 4) is 0 Å². The van der Waals surface area contributed by atoms with Gasteiger partial charge in [-0.3, -0.25) is 0 Å². The van der Waals surface area contributed by atoms with Gasteiger partial charge < -0.3 is 5.73 Å². The molecule has 16 heavy (non-hydrogen) atoms. The lowest BCUT2D eigenvalue weighted by Crippen LogP contribution is -2.03. The van der Waals surface area contributed by atoms with Crippen LogP contribution in [0.25, 0.3) is 0 Å². The summed E-state index contributed by atoms with van der Waals surface area (Å²) in [6.45, 7) is 4.00. The van der Waals surface area contributed by atoms with Gasteiger partial charge in [0.15, 0.2) is 0 Å². The van der Waals surface area contributed by atoms with E-state index in [4.69, 9.17) is 17.3 Å². The number of benzene rings is 1. The molecule has 0 aromatic heterocycles. The molecule has 0 unspecified atom stereocenters. The molecule has 0 bridgehead atoms. The molecular formula is C13H15BrClN. The Morgan fingerprint density at radius 2 is 1.88 bits per heavy atom. The summed E-state index contributed by atoms with van der Waals surface area (Å²) in [5, 5.41) is 0.749. The number of nitrogens with two attached hydrogens (primary N) is 1. The quantitative estimate of drug-likeness (QED) is 0.822. The Labute approximate surface area is 110 Å². The Morgan fingerprint density at radius 3 is 2.38 bits per heavy atom. The lowest BCUT2D eigenvalue weighted by Gasteiger charge is -2.05. The largest absolute Gasteiger partial charge is 0.402 e. The summed E-state index contributed by atoms with van der Waals surface area (Å²) in [5.74, 6) is 0. The van der Waals surface area contributed by atoms with E-state index in [2.05, 4.69) is 15.9 Å². The van der Waals surface area contributed by atoms with Crippen LogP contribution >= 0.6 is 27.5 Å². The Morgan fingerprint density at radius 1 is 1.31 bits per heavy atom. The maximum atomic E-state index is 6.02. The first-order valence-corrected chi connectivity index (χ1v) is 6.19. The van der Waals surface area contributed by atoms with Crippen LogP contribution in [0.5, 0.6) is 0 Å². The average molecular weight is 301 g/mol. The van der Waals surface area contributed by atoms with Gasteiger partial charge in [-0.2, -0.15) is 0 Å². The fourth-order valence-electron chi connectivity index (χ4n) is 1.35. The van der Waals surface area contributed by atoms with E-state index in [9.17, 15) is 0 Å². The van der Waals surface area contributed by atoms with Crippen LogP contribution < -0.4 is 5.73 Å². The van der Waals surface area contributed by atoms with Crippen molar-refractivity contribution in [1.82, 2.24) is 0 Å². The summed E-state index contributed by atoms with van der Waals surface area (Å²) < 4.78 is 1.07. The van der Waals surface area contributed by atoms with E-state index in [0.717, 1.165) is 27.2 Å². The Hall–Kier alpha value is -0.730. The smallest absolute Gasteiger partial charge is 0.0406 e. The summed E-state index contributed by atoms with van der Waals surface area (Å²) in [5.41, 5.74) is 9.15. The molecule has 0 atom stereocenters. The molecule has 3 heteroatoms. The van der Waals surface area contributed by atoms with Crippen LogP contribution in [0, 0.1) is 0 Å². The van der Waals surface area contributed by atoms with Gasteiger partial charge in [0.25, 0.3) is 0 Å². The zero-order chi connectivity index (χ0) is 12.1. The zero-order valence-electron chi connectivity index (χ0n) is 9.43. The second-order valence-corrected chi connectivity index (χ2v) is 5.43. The second-order valence-electron chi connectivity index (χ2n) is 3.74. The lowest BCUT2D eigenvalue weighted by atomic mass is 10.1. The molecule has 0 radical (unpaired) electrons. The molecule has 0 saturated carbocycles. The van der Waals surface area contributed by atoms with Crippen molar-refractivity contribution in [2.24, 2.45) is 5.73 Å². The van der Waals surface area contributed by atoms with Crippen LogP contribution in [0.3, 0.4) is 0 Å². The molecular weight excluding hydrogens is 286 g/mol. The van der Waals surface area contributed by atoms with Crippen LogP contribution in [-0.4, -0.2) is 0 Å². The number of hydrogen-bond acceptors (Lipinski definition) is 1. The molecule has 1 rings (SSSR count). The number of halogens is 2. The van der Waals surface area contributed by atoms with E-state index in [-0.39, 0.29) is 0 Å². The summed E-state index contributed by atoms with van der Waals surface area (Å²) in [7, 11) is 0. The normalized spacial score (nSPS) is 13.6. The van der Waals surface area contributed by atoms with Gasteiger partial charge in [-0.05, 0) is 47.7 Å². The van der Waals surface area contributed by atoms with Crippen molar-refractivity contribution < 1.29 is 0 Å². The standard InChI is InChI=1S/C13H15BrClN/c1-9(7-10(2)14)13(16)8-11-3-5-12(15)6-4-11/h3-7H,8,16H2,1-2H3/b10-7+,13-9-. The third kappa shape index (κ3) is 4.42. The highest BCUT2D eigenvalue weighted by atomic mass is 79.9. The van der Waals surface area contributed by atoms with E-state index in [1.807, 2.05) is 44.2 Å². The predicted octanol–water partition coefficient (Wildman–Crippen LogP) is 4.41. The van der Waals surface area contributed by atoms with Gasteiger partial charge in [0.2, 0.25) is 0 Å². The molecule has 1 nitrogen and oxygen atoms in total. The molecule has 0 aliphatic rings. The highest BCUT2D eigenvalue weighted by Crippen LogP contribution is 2.15. The molecule has 0 heterocycles. The van der Waals surface area contributed by atoms with E-state index < -0.39 is 0 Å². The van der Waals surface area contributed by atoms with Crippen LogP contribution in [0.4, 0.5) is 0 Å². The number of rotatable bonds is 3. The monoisotopic (exact) mass is 299 g/mol. The fourth-order valence-corrected chi connectivity index (χ4v) is 1.82. The molecule has 1 aromatic carbocycles. The van der Waals surface area contributed by atoms with Crippen LogP contribution in [0.2, 0.25) is 5.02 Å². The first-order chi connectivity index (χ1) is 7.49. The van der Waals surface area contributed by atoms with Gasteiger partial charge in [0, 0.05) is 17.1 Å². The lowest BCUT2D eigenvalue weighted by molar-refractivity contribution is 1.08. The molecule has 0 amide bonds. The minimum absolute atomic E-state index is 0.749.